The summed E-state index contributed by atoms with van der Waals surface area (Å²) in [6.45, 7) is 1.98. The number of carbonyl (C=O) groups excluding carboxylic acids is 2. The van der Waals surface area contributed by atoms with Crippen LogP contribution in [0.4, 0.5) is 0 Å². The largest absolute Gasteiger partial charge is 0.356 e. The first-order chi connectivity index (χ1) is 6.16. The molecule has 0 bridgehead atoms. The predicted octanol–water partition coefficient (Wildman–Crippen LogP) is 0.796. The number of nitrogens with one attached hydrogen (secondary N) is 1. The van der Waals surface area contributed by atoms with Gasteiger partial charge < -0.3 is 5.32 Å². The van der Waals surface area contributed by atoms with Crippen molar-refractivity contribution in [2.45, 2.75) is 19.8 Å². The smallest absolute Gasteiger partial charge is 0.216 e. The van der Waals surface area contributed by atoms with Crippen molar-refractivity contribution in [3.05, 3.63) is 0 Å². The molecule has 0 saturated heterocycles. The Hall–Kier alpha value is -0.950. The lowest BCUT2D eigenvalue weighted by Gasteiger charge is -2.00. The normalized spacial score (nSPS) is 8.92. The summed E-state index contributed by atoms with van der Waals surface area (Å²) in [4.78, 5) is 21.4. The summed E-state index contributed by atoms with van der Waals surface area (Å²) in [5.74, 6) is 2.94. The third-order valence-electron chi connectivity index (χ3n) is 1.21. The van der Waals surface area contributed by atoms with Crippen LogP contribution in [0.1, 0.15) is 19.8 Å². The quantitative estimate of drug-likeness (QED) is 0.526. The fourth-order valence-electron chi connectivity index (χ4n) is 0.638. The van der Waals surface area contributed by atoms with E-state index >= 15 is 0 Å². The second kappa shape index (κ2) is 7.69. The molecule has 0 aliphatic heterocycles. The van der Waals surface area contributed by atoms with Crippen molar-refractivity contribution in [1.82, 2.24) is 5.32 Å². The molecule has 1 amide bonds. The molecule has 0 saturated carbocycles. The second-order valence-electron chi connectivity index (χ2n) is 2.41. The Morgan fingerprint density at radius 1 is 1.54 bits per heavy atom. The van der Waals surface area contributed by atoms with E-state index in [0.717, 1.165) is 0 Å². The van der Waals surface area contributed by atoms with Gasteiger partial charge in [-0.3, -0.25) is 9.59 Å². The number of carbonyl (C=O) groups is 2. The van der Waals surface area contributed by atoms with Crippen LogP contribution in [0, 0.1) is 12.3 Å². The lowest BCUT2D eigenvalue weighted by Crippen LogP contribution is -2.22. The molecule has 0 aromatic rings. The minimum Gasteiger partial charge on any atom is -0.356 e. The van der Waals surface area contributed by atoms with Crippen LogP contribution < -0.4 is 5.32 Å². The molecule has 0 spiro atoms. The van der Waals surface area contributed by atoms with E-state index in [1.165, 1.54) is 18.7 Å². The molecule has 0 atom stereocenters. The van der Waals surface area contributed by atoms with Crippen LogP contribution in [0.3, 0.4) is 0 Å². The molecule has 4 heteroatoms. The topological polar surface area (TPSA) is 46.2 Å². The fourth-order valence-corrected chi connectivity index (χ4v) is 1.32. The van der Waals surface area contributed by atoms with Gasteiger partial charge in [-0.2, -0.15) is 0 Å². The SMILES string of the molecule is C#CCCC(=O)SCCNC(C)=O. The van der Waals surface area contributed by atoms with Gasteiger partial charge in [0.05, 0.1) is 0 Å². The van der Waals surface area contributed by atoms with Gasteiger partial charge in [0.25, 0.3) is 0 Å². The molecule has 0 rings (SSSR count). The Balaban J connectivity index is 3.28. The Kier molecular flexibility index (Phi) is 7.12. The third-order valence-corrected chi connectivity index (χ3v) is 2.15. The zero-order valence-electron chi connectivity index (χ0n) is 7.63. The van der Waals surface area contributed by atoms with Gasteiger partial charge in [-0.05, 0) is 0 Å². The molecular formula is C9H13NO2S. The van der Waals surface area contributed by atoms with Crippen molar-refractivity contribution in [2.24, 2.45) is 0 Å². The van der Waals surface area contributed by atoms with Crippen molar-refractivity contribution in [3.63, 3.8) is 0 Å². The third kappa shape index (κ3) is 8.96. The average Bonchev–Trinajstić information content (AvgIpc) is 2.08. The molecule has 72 valence electrons. The molecule has 0 heterocycles. The van der Waals surface area contributed by atoms with Crippen molar-refractivity contribution in [2.75, 3.05) is 12.3 Å². The zero-order chi connectivity index (χ0) is 10.1. The van der Waals surface area contributed by atoms with E-state index in [2.05, 4.69) is 11.2 Å². The highest BCUT2D eigenvalue weighted by molar-refractivity contribution is 8.13. The van der Waals surface area contributed by atoms with Crippen LogP contribution in [0.15, 0.2) is 0 Å². The number of terminal acetylenes is 1. The second-order valence-corrected chi connectivity index (χ2v) is 3.56. The lowest BCUT2D eigenvalue weighted by molar-refractivity contribution is -0.118. The van der Waals surface area contributed by atoms with Crippen LogP contribution in [0.2, 0.25) is 0 Å². The van der Waals surface area contributed by atoms with Gasteiger partial charge in [0, 0.05) is 32.1 Å². The Bertz CT molecular complexity index is 220. The zero-order valence-corrected chi connectivity index (χ0v) is 8.45. The van der Waals surface area contributed by atoms with E-state index in [4.69, 9.17) is 6.42 Å². The minimum absolute atomic E-state index is 0.0725. The van der Waals surface area contributed by atoms with E-state index < -0.39 is 0 Å². The lowest BCUT2D eigenvalue weighted by atomic mass is 10.3. The minimum atomic E-state index is -0.0725. The molecule has 0 fully saturated rings. The van der Waals surface area contributed by atoms with Crippen LogP contribution in [-0.2, 0) is 9.59 Å². The monoisotopic (exact) mass is 199 g/mol. The molecule has 13 heavy (non-hydrogen) atoms. The number of rotatable bonds is 5. The van der Waals surface area contributed by atoms with Gasteiger partial charge in [0.1, 0.15) is 0 Å². The highest BCUT2D eigenvalue weighted by Crippen LogP contribution is 2.05. The molecule has 3 nitrogen and oxygen atoms in total. The fraction of sp³-hybridized carbons (Fsp3) is 0.556. The van der Waals surface area contributed by atoms with Crippen LogP contribution in [0.5, 0.6) is 0 Å². The molecule has 0 aliphatic carbocycles. The maximum absolute atomic E-state index is 11.0. The van der Waals surface area contributed by atoms with Gasteiger partial charge in [-0.15, -0.1) is 12.3 Å². The summed E-state index contributed by atoms with van der Waals surface area (Å²) >= 11 is 1.21. The summed E-state index contributed by atoms with van der Waals surface area (Å²) < 4.78 is 0. The van der Waals surface area contributed by atoms with Gasteiger partial charge in [-0.25, -0.2) is 0 Å². The van der Waals surface area contributed by atoms with Crippen molar-refractivity contribution < 1.29 is 9.59 Å². The first-order valence-electron chi connectivity index (χ1n) is 4.00. The first kappa shape index (κ1) is 12.0. The van der Waals surface area contributed by atoms with E-state index in [0.29, 0.717) is 25.1 Å². The van der Waals surface area contributed by atoms with Gasteiger partial charge in [-0.1, -0.05) is 11.8 Å². The predicted molar refractivity (Wildman–Crippen MR) is 54.2 cm³/mol. The highest BCUT2D eigenvalue weighted by atomic mass is 32.2. The molecule has 0 aliphatic rings. The number of thioether (sulfide) groups is 1. The Morgan fingerprint density at radius 2 is 2.23 bits per heavy atom. The number of hydrogen-bond donors (Lipinski definition) is 1. The van der Waals surface area contributed by atoms with E-state index in [1.807, 2.05) is 0 Å². The first-order valence-corrected chi connectivity index (χ1v) is 4.99. The van der Waals surface area contributed by atoms with Crippen LogP contribution in [0.25, 0.3) is 0 Å². The Labute approximate surface area is 82.7 Å². The van der Waals surface area contributed by atoms with Gasteiger partial charge in [0.2, 0.25) is 5.91 Å². The Morgan fingerprint density at radius 3 is 2.77 bits per heavy atom. The van der Waals surface area contributed by atoms with Crippen molar-refractivity contribution in [3.8, 4) is 12.3 Å². The van der Waals surface area contributed by atoms with Crippen LogP contribution in [-0.4, -0.2) is 23.3 Å². The van der Waals surface area contributed by atoms with Gasteiger partial charge >= 0.3 is 0 Å². The van der Waals surface area contributed by atoms with Crippen LogP contribution >= 0.6 is 11.8 Å². The summed E-state index contributed by atoms with van der Waals surface area (Å²) in [7, 11) is 0. The average molecular weight is 199 g/mol. The van der Waals surface area contributed by atoms with Crippen molar-refractivity contribution in [1.29, 1.82) is 0 Å². The molecule has 1 N–H and O–H groups in total. The van der Waals surface area contributed by atoms with E-state index in [1.54, 1.807) is 0 Å². The van der Waals surface area contributed by atoms with Crippen molar-refractivity contribution >= 4 is 22.8 Å². The maximum Gasteiger partial charge on any atom is 0.216 e. The summed E-state index contributed by atoms with van der Waals surface area (Å²) in [5, 5.41) is 2.69. The standard InChI is InChI=1S/C9H13NO2S/c1-3-4-5-9(12)13-7-6-10-8(2)11/h1H,4-7H2,2H3,(H,10,11). The van der Waals surface area contributed by atoms with Gasteiger partial charge in [0.15, 0.2) is 5.12 Å². The number of amides is 1. The molecule has 0 radical (unpaired) electrons. The summed E-state index contributed by atoms with van der Waals surface area (Å²) in [5.41, 5.74) is 0. The molecule has 0 unspecified atom stereocenters. The summed E-state index contributed by atoms with van der Waals surface area (Å²) in [6, 6.07) is 0. The van der Waals surface area contributed by atoms with E-state index in [9.17, 15) is 9.59 Å². The molecule has 0 aromatic heterocycles. The summed E-state index contributed by atoms with van der Waals surface area (Å²) in [6.07, 6.45) is 5.91. The maximum atomic E-state index is 11.0. The number of hydrogen-bond acceptors (Lipinski definition) is 3. The highest BCUT2D eigenvalue weighted by Gasteiger charge is 2.00. The molecule has 0 aromatic carbocycles. The molecular weight excluding hydrogens is 186 g/mol. The van der Waals surface area contributed by atoms with E-state index in [-0.39, 0.29) is 11.0 Å².